The van der Waals surface area contributed by atoms with Gasteiger partial charge in [-0.2, -0.15) is 0 Å². The molecule has 0 amide bonds. The van der Waals surface area contributed by atoms with E-state index in [4.69, 9.17) is 0 Å². The summed E-state index contributed by atoms with van der Waals surface area (Å²) in [5.41, 5.74) is 0. The van der Waals surface area contributed by atoms with Crippen LogP contribution in [0.3, 0.4) is 0 Å². The molecule has 0 aromatic carbocycles. The molecular weight excluding hydrogens is 478 g/mol. The number of halogens is 2. The van der Waals surface area contributed by atoms with Crippen LogP contribution in [0.15, 0.2) is 0 Å². The Hall–Kier alpha value is 0.730. The number of hydrogen-bond acceptors (Lipinski definition) is 0. The maximum absolute atomic E-state index is 3.63. The zero-order valence-corrected chi connectivity index (χ0v) is 24.9. The number of nitrogens with zero attached hydrogens (tertiary/aromatic N) is 1. The Kier molecular flexibility index (Phi) is 30.5. The molecule has 0 aromatic heterocycles. The summed E-state index contributed by atoms with van der Waals surface area (Å²) in [4.78, 5) is 0. The van der Waals surface area contributed by atoms with Crippen LogP contribution in [-0.2, 0) is 0 Å². The summed E-state index contributed by atoms with van der Waals surface area (Å²) in [6.07, 6.45) is 31.7. The van der Waals surface area contributed by atoms with Gasteiger partial charge < -0.3 is 16.9 Å². The molecule has 0 aliphatic rings. The number of alkyl halides is 1. The second-order valence-electron chi connectivity index (χ2n) is 10.6. The molecule has 0 unspecified atom stereocenters. The average Bonchev–Trinajstić information content (AvgIpc) is 2.76. The number of hydrogen-bond donors (Lipinski definition) is 0. The predicted molar refractivity (Wildman–Crippen MR) is 148 cm³/mol. The minimum absolute atomic E-state index is 0. The van der Waals surface area contributed by atoms with Crippen molar-refractivity contribution in [2.75, 3.05) is 32.0 Å². The largest absolute Gasteiger partial charge is 1.00 e. The summed E-state index contributed by atoms with van der Waals surface area (Å²) in [5.74, 6) is 0. The van der Waals surface area contributed by atoms with E-state index in [-0.39, 0.29) is 12.4 Å². The molecule has 0 spiro atoms. The van der Waals surface area contributed by atoms with Crippen molar-refractivity contribution in [1.29, 1.82) is 0 Å². The molecule has 0 aliphatic carbocycles. The minimum Gasteiger partial charge on any atom is -1.00 e. The molecule has 0 rings (SSSR count). The van der Waals surface area contributed by atoms with Crippen molar-refractivity contribution in [3.63, 3.8) is 0 Å². The Morgan fingerprint density at radius 3 is 0.938 bits per heavy atom. The lowest BCUT2D eigenvalue weighted by Gasteiger charge is -2.35. The van der Waals surface area contributed by atoms with Gasteiger partial charge in [0.25, 0.3) is 0 Å². The third-order valence-corrected chi connectivity index (χ3v) is 7.75. The Balaban J connectivity index is 0. The molecule has 0 aliphatic heterocycles. The fourth-order valence-corrected chi connectivity index (χ4v) is 5.28. The molecule has 0 heterocycles. The van der Waals surface area contributed by atoms with Crippen LogP contribution in [0, 0.1) is 0 Å². The van der Waals surface area contributed by atoms with Crippen molar-refractivity contribution < 1.29 is 16.9 Å². The third-order valence-electron chi connectivity index (χ3n) is 7.18. The van der Waals surface area contributed by atoms with Crippen LogP contribution in [0.4, 0.5) is 0 Å². The first-order chi connectivity index (χ1) is 15.2. The molecule has 0 fully saturated rings. The molecule has 0 saturated heterocycles. The first-order valence-electron chi connectivity index (χ1n) is 14.6. The molecule has 0 N–H and O–H groups in total. The van der Waals surface area contributed by atoms with Crippen molar-refractivity contribution in [2.45, 2.75) is 155 Å². The molecule has 0 bridgehead atoms. The summed E-state index contributed by atoms with van der Waals surface area (Å²) < 4.78 is 1.33. The SMILES string of the molecule is CCCCCCCCCCCC[N+](C)(CCCCBr)CCCCCCCCCCCC.[Cl-]. The smallest absolute Gasteiger partial charge is 0.0784 e. The van der Waals surface area contributed by atoms with Crippen LogP contribution >= 0.6 is 15.9 Å². The molecule has 0 aromatic rings. The van der Waals surface area contributed by atoms with Crippen LogP contribution in [0.25, 0.3) is 0 Å². The van der Waals surface area contributed by atoms with Crippen LogP contribution < -0.4 is 12.4 Å². The summed E-state index contributed by atoms with van der Waals surface area (Å²) in [7, 11) is 2.55. The number of unbranched alkanes of at least 4 members (excludes halogenated alkanes) is 19. The lowest BCUT2D eigenvalue weighted by atomic mass is 10.1. The fraction of sp³-hybridized carbons (Fsp3) is 1.00. The average molecular weight is 539 g/mol. The van der Waals surface area contributed by atoms with Crippen molar-refractivity contribution in [3.8, 4) is 0 Å². The highest BCUT2D eigenvalue weighted by molar-refractivity contribution is 9.09. The van der Waals surface area contributed by atoms with Crippen LogP contribution in [0.5, 0.6) is 0 Å². The second-order valence-corrected chi connectivity index (χ2v) is 11.3. The van der Waals surface area contributed by atoms with Crippen molar-refractivity contribution in [1.82, 2.24) is 0 Å². The highest BCUT2D eigenvalue weighted by Crippen LogP contribution is 2.16. The first kappa shape index (κ1) is 34.9. The highest BCUT2D eigenvalue weighted by Gasteiger charge is 2.20. The van der Waals surface area contributed by atoms with Gasteiger partial charge in [-0.3, -0.25) is 0 Å². The quantitative estimate of drug-likeness (QED) is 0.0609. The standard InChI is InChI=1S/C29H61BrN.ClH/c1-4-6-8-10-12-14-16-18-20-23-27-31(3,29-25-22-26-30)28-24-21-19-17-15-13-11-9-7-5-2;/h4-29H2,1-3H3;1H/q+1;/p-1. The van der Waals surface area contributed by atoms with Gasteiger partial charge in [0.2, 0.25) is 0 Å². The Morgan fingerprint density at radius 1 is 0.406 bits per heavy atom. The van der Waals surface area contributed by atoms with E-state index >= 15 is 0 Å². The Labute approximate surface area is 219 Å². The van der Waals surface area contributed by atoms with Crippen LogP contribution in [0.1, 0.15) is 155 Å². The lowest BCUT2D eigenvalue weighted by Crippen LogP contribution is -3.00. The molecule has 196 valence electrons. The molecule has 32 heavy (non-hydrogen) atoms. The van der Waals surface area contributed by atoms with E-state index in [1.165, 1.54) is 171 Å². The summed E-state index contributed by atoms with van der Waals surface area (Å²) in [5, 5.41) is 1.17. The van der Waals surface area contributed by atoms with Gasteiger partial charge in [-0.05, 0) is 38.5 Å². The van der Waals surface area contributed by atoms with Crippen LogP contribution in [-0.4, -0.2) is 36.5 Å². The van der Waals surface area contributed by atoms with E-state index in [1.54, 1.807) is 0 Å². The maximum atomic E-state index is 3.63. The van der Waals surface area contributed by atoms with Crippen LogP contribution in [0.2, 0.25) is 0 Å². The topological polar surface area (TPSA) is 0 Å². The van der Waals surface area contributed by atoms with E-state index in [9.17, 15) is 0 Å². The fourth-order valence-electron chi connectivity index (χ4n) is 4.89. The van der Waals surface area contributed by atoms with Crippen molar-refractivity contribution >= 4 is 15.9 Å². The van der Waals surface area contributed by atoms with E-state index in [1.807, 2.05) is 0 Å². The Bertz CT molecular complexity index is 313. The Morgan fingerprint density at radius 2 is 0.656 bits per heavy atom. The first-order valence-corrected chi connectivity index (χ1v) is 15.7. The summed E-state index contributed by atoms with van der Waals surface area (Å²) >= 11 is 3.63. The highest BCUT2D eigenvalue weighted by atomic mass is 79.9. The number of quaternary nitrogens is 1. The van der Waals surface area contributed by atoms with Gasteiger partial charge in [-0.25, -0.2) is 0 Å². The van der Waals surface area contributed by atoms with Gasteiger partial charge in [-0.1, -0.05) is 133 Å². The summed E-state index contributed by atoms with van der Waals surface area (Å²) in [6, 6.07) is 0. The predicted octanol–water partition coefficient (Wildman–Crippen LogP) is 7.45. The third kappa shape index (κ3) is 25.4. The van der Waals surface area contributed by atoms with Crippen molar-refractivity contribution in [3.05, 3.63) is 0 Å². The van der Waals surface area contributed by atoms with Gasteiger partial charge >= 0.3 is 0 Å². The maximum Gasteiger partial charge on any atom is 0.0784 e. The zero-order chi connectivity index (χ0) is 22.9. The number of rotatable bonds is 26. The van der Waals surface area contributed by atoms with Gasteiger partial charge in [0.05, 0.1) is 26.7 Å². The normalized spacial score (nSPS) is 11.6. The molecular formula is C29H61BrClN. The molecule has 1 nitrogen and oxygen atoms in total. The van der Waals surface area contributed by atoms with E-state index < -0.39 is 0 Å². The summed E-state index contributed by atoms with van der Waals surface area (Å²) in [6.45, 7) is 8.83. The molecule has 0 saturated carbocycles. The molecule has 3 heteroatoms. The second kappa shape index (κ2) is 28.0. The van der Waals surface area contributed by atoms with Gasteiger partial charge in [0.15, 0.2) is 0 Å². The lowest BCUT2D eigenvalue weighted by molar-refractivity contribution is -0.910. The van der Waals surface area contributed by atoms with E-state index in [2.05, 4.69) is 36.8 Å². The monoisotopic (exact) mass is 537 g/mol. The van der Waals surface area contributed by atoms with E-state index in [0.717, 1.165) is 0 Å². The van der Waals surface area contributed by atoms with E-state index in [0.29, 0.717) is 0 Å². The zero-order valence-electron chi connectivity index (χ0n) is 22.6. The van der Waals surface area contributed by atoms with Gasteiger partial charge in [-0.15, -0.1) is 0 Å². The molecule has 0 radical (unpaired) electrons. The minimum atomic E-state index is 0. The van der Waals surface area contributed by atoms with Gasteiger partial charge in [0.1, 0.15) is 0 Å². The molecule has 0 atom stereocenters. The van der Waals surface area contributed by atoms with Crippen molar-refractivity contribution in [2.24, 2.45) is 0 Å². The van der Waals surface area contributed by atoms with Gasteiger partial charge in [0, 0.05) is 5.33 Å².